The first-order valence-electron chi connectivity index (χ1n) is 10.2. The Bertz CT molecular complexity index is 1330. The van der Waals surface area contributed by atoms with Crippen molar-refractivity contribution in [2.75, 3.05) is 0 Å². The van der Waals surface area contributed by atoms with E-state index in [-0.39, 0.29) is 5.91 Å². The second-order valence-electron chi connectivity index (χ2n) is 7.78. The van der Waals surface area contributed by atoms with Gasteiger partial charge in [0, 0.05) is 29.3 Å². The molecule has 4 aromatic rings. The van der Waals surface area contributed by atoms with Gasteiger partial charge in [0.15, 0.2) is 0 Å². The van der Waals surface area contributed by atoms with Gasteiger partial charge in [-0.1, -0.05) is 30.3 Å². The van der Waals surface area contributed by atoms with Crippen molar-refractivity contribution in [3.05, 3.63) is 82.2 Å². The molecule has 0 aliphatic carbocycles. The van der Waals surface area contributed by atoms with E-state index in [4.69, 9.17) is 4.98 Å². The Hall–Kier alpha value is -3.80. The number of nitrogens with zero attached hydrogens (tertiary/aromatic N) is 4. The number of hydrogen-bond acceptors (Lipinski definition) is 4. The lowest BCUT2D eigenvalue weighted by molar-refractivity contribution is 0.0956. The largest absolute Gasteiger partial charge is 0.272 e. The van der Waals surface area contributed by atoms with Crippen molar-refractivity contribution in [1.29, 1.82) is 0 Å². The SMILES string of the molecule is Cc1ccc(-c2cc(C(=O)N/N=C/c3c(C)nn(C)c3C)c3ccccc3n2)cc1C. The molecule has 2 aromatic heterocycles. The van der Waals surface area contributed by atoms with Crippen molar-refractivity contribution in [2.45, 2.75) is 27.7 Å². The van der Waals surface area contributed by atoms with Gasteiger partial charge in [0.25, 0.3) is 5.91 Å². The zero-order valence-electron chi connectivity index (χ0n) is 18.4. The average Bonchev–Trinajstić information content (AvgIpc) is 3.00. The van der Waals surface area contributed by atoms with Gasteiger partial charge >= 0.3 is 0 Å². The quantitative estimate of drug-likeness (QED) is 0.393. The summed E-state index contributed by atoms with van der Waals surface area (Å²) >= 11 is 0. The second kappa shape index (κ2) is 8.14. The molecule has 2 aromatic carbocycles. The second-order valence-corrected chi connectivity index (χ2v) is 7.78. The Morgan fingerprint density at radius 3 is 2.52 bits per heavy atom. The number of fused-ring (bicyclic) bond motifs is 1. The summed E-state index contributed by atoms with van der Waals surface area (Å²) in [4.78, 5) is 17.8. The molecule has 4 rings (SSSR count). The number of benzene rings is 2. The van der Waals surface area contributed by atoms with Crippen LogP contribution in [0.3, 0.4) is 0 Å². The Labute approximate surface area is 181 Å². The summed E-state index contributed by atoms with van der Waals surface area (Å²) in [7, 11) is 1.88. The van der Waals surface area contributed by atoms with Crippen LogP contribution in [0.25, 0.3) is 22.2 Å². The minimum atomic E-state index is -0.279. The van der Waals surface area contributed by atoms with Crippen LogP contribution in [-0.4, -0.2) is 26.9 Å². The molecule has 0 unspecified atom stereocenters. The average molecular weight is 412 g/mol. The number of amides is 1. The smallest absolute Gasteiger partial charge is 0.272 e. The summed E-state index contributed by atoms with van der Waals surface area (Å²) in [6.45, 7) is 8.04. The first-order valence-corrected chi connectivity index (χ1v) is 10.2. The summed E-state index contributed by atoms with van der Waals surface area (Å²) in [5.74, 6) is -0.279. The molecule has 0 aliphatic heterocycles. The molecule has 0 radical (unpaired) electrons. The number of para-hydroxylation sites is 1. The maximum atomic E-state index is 13.1. The highest BCUT2D eigenvalue weighted by Gasteiger charge is 2.14. The number of aryl methyl sites for hydroxylation is 4. The number of rotatable bonds is 4. The summed E-state index contributed by atoms with van der Waals surface area (Å²) < 4.78 is 1.80. The molecule has 0 saturated heterocycles. The van der Waals surface area contributed by atoms with Gasteiger partial charge in [0.05, 0.1) is 28.7 Å². The van der Waals surface area contributed by atoms with E-state index in [1.165, 1.54) is 11.1 Å². The van der Waals surface area contributed by atoms with Gasteiger partial charge in [0.2, 0.25) is 0 Å². The summed E-state index contributed by atoms with van der Waals surface area (Å²) in [5.41, 5.74) is 10.9. The van der Waals surface area contributed by atoms with Crippen LogP contribution in [0.4, 0.5) is 0 Å². The third kappa shape index (κ3) is 3.97. The molecule has 6 nitrogen and oxygen atoms in total. The van der Waals surface area contributed by atoms with Crippen LogP contribution in [0.2, 0.25) is 0 Å². The van der Waals surface area contributed by atoms with Crippen molar-refractivity contribution < 1.29 is 4.79 Å². The van der Waals surface area contributed by atoms with Crippen LogP contribution < -0.4 is 5.43 Å². The molecule has 1 N–H and O–H groups in total. The molecule has 6 heteroatoms. The first-order chi connectivity index (χ1) is 14.8. The molecule has 2 heterocycles. The maximum absolute atomic E-state index is 13.1. The van der Waals surface area contributed by atoms with E-state index >= 15 is 0 Å². The fraction of sp³-hybridized carbons (Fsp3) is 0.200. The Morgan fingerprint density at radius 1 is 1.03 bits per heavy atom. The normalized spacial score (nSPS) is 11.4. The topological polar surface area (TPSA) is 72.2 Å². The Morgan fingerprint density at radius 2 is 1.81 bits per heavy atom. The molecule has 0 fully saturated rings. The van der Waals surface area contributed by atoms with Gasteiger partial charge in [-0.15, -0.1) is 0 Å². The zero-order chi connectivity index (χ0) is 22.1. The molecule has 0 bridgehead atoms. The molecular weight excluding hydrogens is 386 g/mol. The van der Waals surface area contributed by atoms with Crippen LogP contribution in [0.15, 0.2) is 53.6 Å². The maximum Gasteiger partial charge on any atom is 0.272 e. The zero-order valence-corrected chi connectivity index (χ0v) is 18.4. The number of pyridine rings is 1. The minimum Gasteiger partial charge on any atom is -0.272 e. The molecule has 1 amide bonds. The summed E-state index contributed by atoms with van der Waals surface area (Å²) in [6, 6.07) is 15.7. The van der Waals surface area contributed by atoms with Gasteiger partial charge in [-0.25, -0.2) is 10.4 Å². The lowest BCUT2D eigenvalue weighted by Crippen LogP contribution is -2.18. The van der Waals surface area contributed by atoms with E-state index in [1.54, 1.807) is 10.9 Å². The minimum absolute atomic E-state index is 0.279. The molecule has 0 aliphatic rings. The number of carbonyl (C=O) groups is 1. The number of hydrazone groups is 1. The van der Waals surface area contributed by atoms with E-state index in [1.807, 2.05) is 57.3 Å². The van der Waals surface area contributed by atoms with Gasteiger partial charge in [-0.2, -0.15) is 10.2 Å². The number of carbonyl (C=O) groups excluding carboxylic acids is 1. The molecule has 31 heavy (non-hydrogen) atoms. The highest BCUT2D eigenvalue weighted by Crippen LogP contribution is 2.26. The molecule has 156 valence electrons. The first kappa shape index (κ1) is 20.5. The number of hydrogen-bond donors (Lipinski definition) is 1. The van der Waals surface area contributed by atoms with Crippen LogP contribution in [-0.2, 0) is 7.05 Å². The lowest BCUT2D eigenvalue weighted by atomic mass is 10.0. The third-order valence-electron chi connectivity index (χ3n) is 5.69. The van der Waals surface area contributed by atoms with E-state index in [0.29, 0.717) is 5.56 Å². The lowest BCUT2D eigenvalue weighted by Gasteiger charge is -2.10. The van der Waals surface area contributed by atoms with E-state index < -0.39 is 0 Å². The van der Waals surface area contributed by atoms with E-state index in [2.05, 4.69) is 41.6 Å². The van der Waals surface area contributed by atoms with Gasteiger partial charge < -0.3 is 0 Å². The predicted molar refractivity (Wildman–Crippen MR) is 124 cm³/mol. The highest BCUT2D eigenvalue weighted by atomic mass is 16.2. The molecule has 0 atom stereocenters. The van der Waals surface area contributed by atoms with Crippen molar-refractivity contribution >= 4 is 23.0 Å². The Balaban J connectivity index is 1.71. The molecular formula is C25H25N5O. The van der Waals surface area contributed by atoms with Gasteiger partial charge in [-0.05, 0) is 57.0 Å². The third-order valence-corrected chi connectivity index (χ3v) is 5.69. The van der Waals surface area contributed by atoms with Crippen LogP contribution in [0, 0.1) is 27.7 Å². The summed E-state index contributed by atoms with van der Waals surface area (Å²) in [5, 5.41) is 9.35. The monoisotopic (exact) mass is 411 g/mol. The van der Waals surface area contributed by atoms with E-state index in [0.717, 1.165) is 39.1 Å². The molecule has 0 saturated carbocycles. The molecule has 0 spiro atoms. The standard InChI is InChI=1S/C25H25N5O/c1-15-10-11-19(12-16(15)2)24-13-21(20-8-6-7-9-23(20)27-24)25(31)28-26-14-22-17(3)29-30(5)18(22)4/h6-14H,1-5H3,(H,28,31)/b26-14+. The van der Waals surface area contributed by atoms with Crippen LogP contribution in [0.1, 0.15) is 38.4 Å². The fourth-order valence-electron chi connectivity index (χ4n) is 3.60. The van der Waals surface area contributed by atoms with Crippen molar-refractivity contribution in [3.8, 4) is 11.3 Å². The van der Waals surface area contributed by atoms with Crippen molar-refractivity contribution in [2.24, 2.45) is 12.1 Å². The highest BCUT2D eigenvalue weighted by molar-refractivity contribution is 6.07. The van der Waals surface area contributed by atoms with Crippen LogP contribution >= 0.6 is 0 Å². The summed E-state index contributed by atoms with van der Waals surface area (Å²) in [6.07, 6.45) is 1.64. The Kier molecular flexibility index (Phi) is 5.38. The van der Waals surface area contributed by atoms with Crippen LogP contribution in [0.5, 0.6) is 0 Å². The van der Waals surface area contributed by atoms with Crippen molar-refractivity contribution in [3.63, 3.8) is 0 Å². The van der Waals surface area contributed by atoms with Gasteiger partial charge in [-0.3, -0.25) is 9.48 Å². The predicted octanol–water partition coefficient (Wildman–Crippen LogP) is 4.63. The fourth-order valence-corrected chi connectivity index (χ4v) is 3.60. The number of aromatic nitrogens is 3. The van der Waals surface area contributed by atoms with E-state index in [9.17, 15) is 4.79 Å². The van der Waals surface area contributed by atoms with Gasteiger partial charge in [0.1, 0.15) is 0 Å². The number of nitrogens with one attached hydrogen (secondary N) is 1. The van der Waals surface area contributed by atoms with Crippen molar-refractivity contribution in [1.82, 2.24) is 20.2 Å².